The van der Waals surface area contributed by atoms with Crippen LogP contribution in [0.3, 0.4) is 0 Å². The van der Waals surface area contributed by atoms with E-state index >= 15 is 0 Å². The first-order valence-corrected chi connectivity index (χ1v) is 6.60. The highest BCUT2D eigenvalue weighted by Gasteiger charge is 2.12. The van der Waals surface area contributed by atoms with Crippen molar-refractivity contribution in [3.05, 3.63) is 35.1 Å². The zero-order valence-electron chi connectivity index (χ0n) is 10.2. The summed E-state index contributed by atoms with van der Waals surface area (Å²) in [5, 5.41) is 9.20. The first-order valence-electron chi connectivity index (χ1n) is 5.55. The number of hydrogen-bond acceptors (Lipinski definition) is 2. The highest BCUT2D eigenvalue weighted by Crippen LogP contribution is 2.24. The Hall–Kier alpha value is -1.03. The van der Waals surface area contributed by atoms with Crippen molar-refractivity contribution < 1.29 is 14.3 Å². The van der Waals surface area contributed by atoms with Gasteiger partial charge in [0.15, 0.2) is 0 Å². The number of rotatable bonds is 5. The van der Waals surface area contributed by atoms with Crippen molar-refractivity contribution in [2.24, 2.45) is 5.92 Å². The summed E-state index contributed by atoms with van der Waals surface area (Å²) in [7, 11) is 0. The van der Waals surface area contributed by atoms with Gasteiger partial charge in [-0.05, 0) is 23.6 Å². The van der Waals surface area contributed by atoms with Crippen molar-refractivity contribution in [2.45, 2.75) is 31.8 Å². The van der Waals surface area contributed by atoms with Gasteiger partial charge in [0, 0.05) is 11.0 Å². The molecule has 4 heteroatoms. The van der Waals surface area contributed by atoms with Gasteiger partial charge in [-0.3, -0.25) is 0 Å². The molecular weight excluding hydrogens is 239 g/mol. The van der Waals surface area contributed by atoms with E-state index in [-0.39, 0.29) is 5.56 Å². The molecule has 1 unspecified atom stereocenters. The molecule has 0 amide bonds. The normalized spacial score (nSPS) is 12.8. The molecule has 0 aliphatic carbocycles. The summed E-state index contributed by atoms with van der Waals surface area (Å²) in [4.78, 5) is 10.6. The number of benzene rings is 1. The number of carbonyl (C=O) groups is 1. The quantitative estimate of drug-likeness (QED) is 0.870. The number of hydrogen-bond donors (Lipinski definition) is 1. The Labute approximate surface area is 105 Å². The van der Waals surface area contributed by atoms with E-state index in [1.54, 1.807) is 17.8 Å². The molecule has 1 N–H and O–H groups in total. The third-order valence-electron chi connectivity index (χ3n) is 2.72. The predicted molar refractivity (Wildman–Crippen MR) is 69.0 cm³/mol. The lowest BCUT2D eigenvalue weighted by molar-refractivity contribution is 0.0692. The second-order valence-electron chi connectivity index (χ2n) is 4.38. The lowest BCUT2D eigenvalue weighted by atomic mass is 10.1. The Bertz CT molecular complexity index is 404. The molecule has 0 aliphatic heterocycles. The second-order valence-corrected chi connectivity index (χ2v) is 5.75. The van der Waals surface area contributed by atoms with Crippen LogP contribution in [0.1, 0.15) is 36.7 Å². The Morgan fingerprint density at radius 3 is 2.53 bits per heavy atom. The maximum atomic E-state index is 13.4. The van der Waals surface area contributed by atoms with E-state index in [9.17, 15) is 9.18 Å². The molecule has 94 valence electrons. The molecule has 1 rings (SSSR count). The zero-order valence-corrected chi connectivity index (χ0v) is 11.1. The molecule has 0 bridgehead atoms. The van der Waals surface area contributed by atoms with Gasteiger partial charge in [0.25, 0.3) is 0 Å². The summed E-state index contributed by atoms with van der Waals surface area (Å²) in [6.45, 7) is 6.43. The predicted octanol–water partition coefficient (Wildman–Crippen LogP) is 3.80. The number of aromatic carboxylic acids is 1. The van der Waals surface area contributed by atoms with Crippen LogP contribution < -0.4 is 0 Å². The van der Waals surface area contributed by atoms with Crippen molar-refractivity contribution in [3.8, 4) is 0 Å². The van der Waals surface area contributed by atoms with Gasteiger partial charge in [0.1, 0.15) is 5.82 Å². The molecule has 0 aromatic heterocycles. The summed E-state index contributed by atoms with van der Waals surface area (Å²) < 4.78 is 13.4. The van der Waals surface area contributed by atoms with Crippen molar-refractivity contribution in [1.29, 1.82) is 0 Å². The number of carboxylic acid groups (broad SMARTS) is 1. The van der Waals surface area contributed by atoms with Crippen molar-refractivity contribution in [2.75, 3.05) is 0 Å². The number of carboxylic acids is 1. The van der Waals surface area contributed by atoms with E-state index in [0.717, 1.165) is 5.56 Å². The lowest BCUT2D eigenvalue weighted by Gasteiger charge is -2.14. The molecule has 1 aromatic rings. The average Bonchev–Trinajstić information content (AvgIpc) is 2.25. The largest absolute Gasteiger partial charge is 0.478 e. The molecule has 2 nitrogen and oxygen atoms in total. The van der Waals surface area contributed by atoms with Gasteiger partial charge < -0.3 is 5.11 Å². The monoisotopic (exact) mass is 256 g/mol. The van der Waals surface area contributed by atoms with Crippen LogP contribution >= 0.6 is 11.8 Å². The molecule has 17 heavy (non-hydrogen) atoms. The molecule has 0 aliphatic rings. The van der Waals surface area contributed by atoms with Gasteiger partial charge in [-0.25, -0.2) is 9.18 Å². The van der Waals surface area contributed by atoms with E-state index in [4.69, 9.17) is 5.11 Å². The Balaban J connectivity index is 2.68. The van der Waals surface area contributed by atoms with Crippen LogP contribution in [0.25, 0.3) is 0 Å². The molecule has 0 radical (unpaired) electrons. The Kier molecular flexibility index (Phi) is 5.00. The smallest absolute Gasteiger partial charge is 0.338 e. The van der Waals surface area contributed by atoms with Gasteiger partial charge >= 0.3 is 5.97 Å². The van der Waals surface area contributed by atoms with Crippen LogP contribution in [0, 0.1) is 11.7 Å². The third-order valence-corrected chi connectivity index (χ3v) is 4.29. The first kappa shape index (κ1) is 14.0. The van der Waals surface area contributed by atoms with E-state index in [1.165, 1.54) is 12.1 Å². The Morgan fingerprint density at radius 2 is 2.06 bits per heavy atom. The summed E-state index contributed by atoms with van der Waals surface area (Å²) in [5.74, 6) is -0.607. The molecule has 0 spiro atoms. The fourth-order valence-corrected chi connectivity index (χ4v) is 2.26. The van der Waals surface area contributed by atoms with Crippen LogP contribution in [0.5, 0.6) is 0 Å². The fraction of sp³-hybridized carbons (Fsp3) is 0.462. The van der Waals surface area contributed by atoms with Crippen LogP contribution in [-0.4, -0.2) is 16.3 Å². The topological polar surface area (TPSA) is 37.3 Å². The SMILES string of the molecule is CC(C)C(C)SCc1ccc(C(=O)O)c(F)c1. The van der Waals surface area contributed by atoms with Crippen molar-refractivity contribution >= 4 is 17.7 Å². The van der Waals surface area contributed by atoms with E-state index in [1.807, 2.05) is 0 Å². The highest BCUT2D eigenvalue weighted by molar-refractivity contribution is 7.99. The van der Waals surface area contributed by atoms with Gasteiger partial charge in [-0.2, -0.15) is 11.8 Å². The second kappa shape index (κ2) is 6.05. The Morgan fingerprint density at radius 1 is 1.41 bits per heavy atom. The minimum Gasteiger partial charge on any atom is -0.478 e. The minimum absolute atomic E-state index is 0.268. The van der Waals surface area contributed by atoms with E-state index in [0.29, 0.717) is 16.9 Å². The average molecular weight is 256 g/mol. The fourth-order valence-electron chi connectivity index (χ4n) is 1.24. The maximum absolute atomic E-state index is 13.4. The van der Waals surface area contributed by atoms with Crippen molar-refractivity contribution in [1.82, 2.24) is 0 Å². The molecular formula is C13H17FO2S. The van der Waals surface area contributed by atoms with E-state index < -0.39 is 11.8 Å². The van der Waals surface area contributed by atoms with Crippen LogP contribution in [0.4, 0.5) is 4.39 Å². The summed E-state index contributed by atoms with van der Waals surface area (Å²) in [6.07, 6.45) is 0. The van der Waals surface area contributed by atoms with Crippen LogP contribution in [-0.2, 0) is 5.75 Å². The van der Waals surface area contributed by atoms with Crippen LogP contribution in [0.2, 0.25) is 0 Å². The number of halogens is 1. The maximum Gasteiger partial charge on any atom is 0.338 e. The molecule has 0 saturated heterocycles. The minimum atomic E-state index is -1.22. The molecule has 0 heterocycles. The van der Waals surface area contributed by atoms with E-state index in [2.05, 4.69) is 20.8 Å². The molecule has 1 atom stereocenters. The molecule has 1 aromatic carbocycles. The van der Waals surface area contributed by atoms with Crippen LogP contribution in [0.15, 0.2) is 18.2 Å². The van der Waals surface area contributed by atoms with Crippen molar-refractivity contribution in [3.63, 3.8) is 0 Å². The molecule has 0 fully saturated rings. The summed E-state index contributed by atoms with van der Waals surface area (Å²) in [6, 6.07) is 4.31. The van der Waals surface area contributed by atoms with Gasteiger partial charge in [0.05, 0.1) is 5.56 Å². The summed E-state index contributed by atoms with van der Waals surface area (Å²) >= 11 is 1.75. The van der Waals surface area contributed by atoms with Gasteiger partial charge in [-0.1, -0.05) is 26.8 Å². The third kappa shape index (κ3) is 4.04. The standard InChI is InChI=1S/C13H17FO2S/c1-8(2)9(3)17-7-10-4-5-11(13(15)16)12(14)6-10/h4-6,8-9H,7H2,1-3H3,(H,15,16). The lowest BCUT2D eigenvalue weighted by Crippen LogP contribution is -2.06. The van der Waals surface area contributed by atoms with Gasteiger partial charge in [-0.15, -0.1) is 0 Å². The zero-order chi connectivity index (χ0) is 13.0. The van der Waals surface area contributed by atoms with Gasteiger partial charge in [0.2, 0.25) is 0 Å². The summed E-state index contributed by atoms with van der Waals surface area (Å²) in [5.41, 5.74) is 0.556. The number of thioether (sulfide) groups is 1. The highest BCUT2D eigenvalue weighted by atomic mass is 32.2. The molecule has 0 saturated carbocycles. The first-order chi connectivity index (χ1) is 7.91.